The van der Waals surface area contributed by atoms with Crippen LogP contribution in [-0.4, -0.2) is 53.7 Å². The number of benzene rings is 2. The van der Waals surface area contributed by atoms with Crippen LogP contribution in [0, 0.1) is 5.92 Å². The molecule has 0 saturated carbocycles. The van der Waals surface area contributed by atoms with E-state index in [1.807, 2.05) is 36.4 Å². The molecule has 1 amide bonds. The van der Waals surface area contributed by atoms with Crippen LogP contribution in [0.25, 0.3) is 0 Å². The zero-order valence-electron chi connectivity index (χ0n) is 31.0. The Morgan fingerprint density at radius 1 is 0.796 bits per heavy atom. The van der Waals surface area contributed by atoms with Gasteiger partial charge in [0.1, 0.15) is 0 Å². The molecule has 0 aliphatic carbocycles. The lowest BCUT2D eigenvalue weighted by molar-refractivity contribution is -0.276. The van der Waals surface area contributed by atoms with Gasteiger partial charge in [0, 0.05) is 31.5 Å². The van der Waals surface area contributed by atoms with Gasteiger partial charge in [-0.2, -0.15) is 0 Å². The van der Waals surface area contributed by atoms with Gasteiger partial charge in [0.15, 0.2) is 12.4 Å². The minimum atomic E-state index is -0.843. The van der Waals surface area contributed by atoms with Crippen molar-refractivity contribution in [1.29, 1.82) is 0 Å². The number of ether oxygens (including phenoxy) is 3. The van der Waals surface area contributed by atoms with E-state index in [0.717, 1.165) is 41.9 Å². The zero-order valence-corrected chi connectivity index (χ0v) is 31.0. The average Bonchev–Trinajstić information content (AvgIpc) is 3.10. The van der Waals surface area contributed by atoms with Gasteiger partial charge >= 0.3 is 5.97 Å². The molecule has 8 heteroatoms. The number of nitrogens with one attached hydrogen (secondary N) is 1. The Bertz CT molecular complexity index is 1190. The number of carbonyl (C=O) groups excluding carboxylic acids is 2. The Morgan fingerprint density at radius 2 is 1.33 bits per heavy atom. The Morgan fingerprint density at radius 3 is 1.88 bits per heavy atom. The molecule has 8 nitrogen and oxygen atoms in total. The van der Waals surface area contributed by atoms with E-state index in [0.29, 0.717) is 6.54 Å². The molecule has 1 aliphatic rings. The number of esters is 1. The van der Waals surface area contributed by atoms with Crippen LogP contribution >= 0.6 is 0 Å². The van der Waals surface area contributed by atoms with Gasteiger partial charge in [0.2, 0.25) is 0 Å². The second-order valence-corrected chi connectivity index (χ2v) is 13.9. The highest BCUT2D eigenvalue weighted by atomic mass is 16.7. The van der Waals surface area contributed by atoms with Crippen molar-refractivity contribution in [3.05, 3.63) is 70.8 Å². The minimum Gasteiger partial charge on any atom is -0.453 e. The number of aliphatic hydroxyl groups excluding tert-OH is 1. The molecule has 2 aromatic rings. The number of rotatable bonds is 23. The highest BCUT2D eigenvalue weighted by Gasteiger charge is 2.39. The van der Waals surface area contributed by atoms with Crippen LogP contribution in [0.4, 0.5) is 0 Å². The Balaban J connectivity index is 1.74. The minimum absolute atomic E-state index is 0.0109. The predicted molar refractivity (Wildman–Crippen MR) is 196 cm³/mol. The van der Waals surface area contributed by atoms with E-state index in [-0.39, 0.29) is 30.6 Å². The predicted octanol–water partition coefficient (Wildman–Crippen LogP) is 8.56. The summed E-state index contributed by atoms with van der Waals surface area (Å²) in [5.41, 5.74) is 3.82. The van der Waals surface area contributed by atoms with Gasteiger partial charge < -0.3 is 29.5 Å². The van der Waals surface area contributed by atoms with Gasteiger partial charge in [-0.05, 0) is 49.5 Å². The van der Waals surface area contributed by atoms with E-state index in [1.54, 1.807) is 6.92 Å². The molecule has 5 atom stereocenters. The van der Waals surface area contributed by atoms with Gasteiger partial charge in [-0.3, -0.25) is 9.59 Å². The van der Waals surface area contributed by atoms with Crippen LogP contribution in [0.15, 0.2) is 48.5 Å². The maximum Gasteiger partial charge on any atom is 0.303 e. The van der Waals surface area contributed by atoms with E-state index < -0.39 is 18.4 Å². The van der Waals surface area contributed by atoms with Gasteiger partial charge in [-0.25, -0.2) is 0 Å². The highest BCUT2D eigenvalue weighted by molar-refractivity contribution is 5.82. The molecule has 0 spiro atoms. The van der Waals surface area contributed by atoms with Gasteiger partial charge in [0.05, 0.1) is 18.8 Å². The summed E-state index contributed by atoms with van der Waals surface area (Å²) in [5.74, 6) is -0.694. The fourth-order valence-corrected chi connectivity index (χ4v) is 6.54. The van der Waals surface area contributed by atoms with E-state index >= 15 is 0 Å². The molecule has 0 bridgehead atoms. The van der Waals surface area contributed by atoms with Crippen molar-refractivity contribution in [2.24, 2.45) is 5.92 Å². The van der Waals surface area contributed by atoms with Crippen LogP contribution in [0.2, 0.25) is 0 Å². The topological polar surface area (TPSA) is 97.3 Å². The first kappa shape index (κ1) is 40.6. The first-order valence-corrected chi connectivity index (χ1v) is 19.0. The lowest BCUT2D eigenvalue weighted by Crippen LogP contribution is -2.45. The summed E-state index contributed by atoms with van der Waals surface area (Å²) in [6.45, 7) is 13.0. The fraction of sp³-hybridized carbons (Fsp3) is 0.659. The lowest BCUT2D eigenvalue weighted by atomic mass is 9.90. The number of aliphatic hydroxyl groups is 1. The molecule has 2 aromatic carbocycles. The number of hydrogen-bond donors (Lipinski definition) is 2. The monoisotopic (exact) mass is 680 g/mol. The summed E-state index contributed by atoms with van der Waals surface area (Å²) in [6, 6.07) is 16.0. The molecule has 1 aliphatic heterocycles. The molecule has 0 unspecified atom stereocenters. The Labute approximate surface area is 296 Å². The Hall–Kier alpha value is -2.78. The summed E-state index contributed by atoms with van der Waals surface area (Å²) < 4.78 is 18.5. The summed E-state index contributed by atoms with van der Waals surface area (Å²) in [6.07, 6.45) is 13.8. The van der Waals surface area contributed by atoms with Crippen LogP contribution in [0.5, 0.6) is 0 Å². The summed E-state index contributed by atoms with van der Waals surface area (Å²) in [7, 11) is 0. The van der Waals surface area contributed by atoms with Gasteiger partial charge in [-0.15, -0.1) is 0 Å². The fourth-order valence-electron chi connectivity index (χ4n) is 6.54. The maximum atomic E-state index is 12.3. The average molecular weight is 681 g/mol. The van der Waals surface area contributed by atoms with Crippen LogP contribution in [0.1, 0.15) is 146 Å². The second kappa shape index (κ2) is 22.8. The number of amides is 1. The smallest absolute Gasteiger partial charge is 0.303 e. The maximum absolute atomic E-state index is 12.3. The Kier molecular flexibility index (Phi) is 18.9. The third-order valence-corrected chi connectivity index (χ3v) is 9.65. The molecule has 274 valence electrons. The molecule has 2 N–H and O–H groups in total. The summed E-state index contributed by atoms with van der Waals surface area (Å²) in [5, 5.41) is 12.5. The van der Waals surface area contributed by atoms with Crippen molar-refractivity contribution >= 4 is 11.9 Å². The summed E-state index contributed by atoms with van der Waals surface area (Å²) in [4.78, 5) is 26.2. The number of hydrogen-bond acceptors (Lipinski definition) is 7. The normalized spacial score (nSPS) is 19.9. The molecule has 1 saturated heterocycles. The van der Waals surface area contributed by atoms with Crippen molar-refractivity contribution in [3.8, 4) is 0 Å². The van der Waals surface area contributed by atoms with E-state index in [9.17, 15) is 14.7 Å². The van der Waals surface area contributed by atoms with Crippen molar-refractivity contribution in [2.45, 2.75) is 149 Å². The molecular formula is C41H64N2O6. The molecule has 0 radical (unpaired) electrons. The number of carbonyl (C=O) groups is 2. The number of nitrogens with zero attached hydrogens (tertiary/aromatic N) is 1. The third kappa shape index (κ3) is 14.5. The van der Waals surface area contributed by atoms with Crippen molar-refractivity contribution in [2.75, 3.05) is 19.6 Å². The number of unbranched alkanes of at least 4 members (excludes halogenated alkanes) is 10. The van der Waals surface area contributed by atoms with Crippen molar-refractivity contribution < 1.29 is 28.9 Å². The molecule has 49 heavy (non-hydrogen) atoms. The van der Waals surface area contributed by atoms with Crippen molar-refractivity contribution in [1.82, 2.24) is 10.2 Å². The van der Waals surface area contributed by atoms with Gasteiger partial charge in [-0.1, -0.05) is 134 Å². The quantitative estimate of drug-likeness (QED) is 0.0897. The van der Waals surface area contributed by atoms with Crippen LogP contribution in [-0.2, 0) is 37.0 Å². The highest BCUT2D eigenvalue weighted by Crippen LogP contribution is 2.42. The SMILES string of the molecule is CCCCCCCCN(CCCCCCCC)C[C@H]1O[C@@H](c2ccc(CNC(=O)[C@H](C)OC(C)=O)cc2)O[C@@H](c2ccc(CO)cc2)[C@H]1C. The standard InChI is InChI=1S/C41H64N2O6/c1-6-8-10-12-14-16-26-43(27-17-15-13-11-9-7-2)29-38-31(3)39(36-22-20-35(30-44)21-23-36)49-41(48-38)37-24-18-34(19-25-37)28-42-40(46)32(4)47-33(5)45/h18-25,31-32,38-39,41,44H,6-17,26-30H2,1-5H3,(H,42,46)/t31-,32-,38+,39+,41+/m0/s1. The second-order valence-electron chi connectivity index (χ2n) is 13.9. The summed E-state index contributed by atoms with van der Waals surface area (Å²) >= 11 is 0. The molecule has 3 rings (SSSR count). The van der Waals surface area contributed by atoms with E-state index in [2.05, 4.69) is 43.1 Å². The third-order valence-electron chi connectivity index (χ3n) is 9.65. The van der Waals surface area contributed by atoms with Gasteiger partial charge in [0.25, 0.3) is 5.91 Å². The first-order valence-electron chi connectivity index (χ1n) is 19.0. The molecule has 0 aromatic heterocycles. The zero-order chi connectivity index (χ0) is 35.4. The van der Waals surface area contributed by atoms with Crippen LogP contribution in [0.3, 0.4) is 0 Å². The molecular weight excluding hydrogens is 616 g/mol. The molecule has 1 fully saturated rings. The van der Waals surface area contributed by atoms with E-state index in [1.165, 1.54) is 84.0 Å². The van der Waals surface area contributed by atoms with E-state index in [4.69, 9.17) is 14.2 Å². The lowest BCUT2D eigenvalue weighted by Gasteiger charge is -2.43. The van der Waals surface area contributed by atoms with Crippen molar-refractivity contribution in [3.63, 3.8) is 0 Å². The first-order chi connectivity index (χ1) is 23.7. The molecule has 1 heterocycles. The van der Waals surface area contributed by atoms with Crippen LogP contribution < -0.4 is 5.32 Å². The largest absolute Gasteiger partial charge is 0.453 e.